The molecule has 0 bridgehead atoms. The molecule has 33 heavy (non-hydrogen) atoms. The number of fused-ring (bicyclic) bond motifs is 5. The fourth-order valence-corrected chi connectivity index (χ4v) is 5.57. The summed E-state index contributed by atoms with van der Waals surface area (Å²) < 4.78 is 5.32. The van der Waals surface area contributed by atoms with Crippen LogP contribution in [-0.2, 0) is 9.59 Å². The predicted molar refractivity (Wildman–Crippen MR) is 126 cm³/mol. The summed E-state index contributed by atoms with van der Waals surface area (Å²) in [6, 6.07) is 11.9. The van der Waals surface area contributed by atoms with E-state index in [9.17, 15) is 14.4 Å². The third kappa shape index (κ3) is 3.04. The number of hydrogen-bond acceptors (Lipinski definition) is 5. The summed E-state index contributed by atoms with van der Waals surface area (Å²) in [5.41, 5.74) is 4.53. The average molecular weight is 443 g/mol. The molecule has 168 valence electrons. The Hall–Kier alpha value is -3.67. The summed E-state index contributed by atoms with van der Waals surface area (Å²) in [6.45, 7) is 7.88. The number of ketones is 1. The van der Waals surface area contributed by atoms with Crippen molar-refractivity contribution in [2.75, 3.05) is 18.6 Å². The minimum absolute atomic E-state index is 0.149. The number of carbonyl (C=O) groups is 3. The predicted octanol–water partition coefficient (Wildman–Crippen LogP) is 3.65. The zero-order valence-electron chi connectivity index (χ0n) is 18.9. The molecule has 6 nitrogen and oxygen atoms in total. The van der Waals surface area contributed by atoms with Gasteiger partial charge in [-0.1, -0.05) is 35.9 Å². The quantitative estimate of drug-likeness (QED) is 0.402. The lowest BCUT2D eigenvalue weighted by Gasteiger charge is -2.38. The zero-order valence-corrected chi connectivity index (χ0v) is 18.9. The maximum Gasteiger partial charge on any atom is 0.236 e. The molecule has 0 N–H and O–H groups in total. The number of benzene rings is 2. The summed E-state index contributed by atoms with van der Waals surface area (Å²) in [5, 5.41) is 0. The van der Waals surface area contributed by atoms with Gasteiger partial charge in [-0.05, 0) is 43.7 Å². The Morgan fingerprint density at radius 2 is 1.85 bits per heavy atom. The van der Waals surface area contributed by atoms with Gasteiger partial charge in [-0.3, -0.25) is 19.3 Å². The summed E-state index contributed by atoms with van der Waals surface area (Å²) >= 11 is 0. The van der Waals surface area contributed by atoms with Crippen LogP contribution in [0.4, 0.5) is 5.69 Å². The van der Waals surface area contributed by atoms with E-state index in [1.54, 1.807) is 37.5 Å². The number of anilines is 1. The molecule has 2 unspecified atom stereocenters. The average Bonchev–Trinajstić information content (AvgIpc) is 3.27. The first-order valence-electron chi connectivity index (χ1n) is 11.1. The Labute approximate surface area is 193 Å². The van der Waals surface area contributed by atoms with Crippen molar-refractivity contribution >= 4 is 28.9 Å². The van der Waals surface area contributed by atoms with E-state index >= 15 is 0 Å². The van der Waals surface area contributed by atoms with Crippen LogP contribution in [0.15, 0.2) is 61.2 Å². The summed E-state index contributed by atoms with van der Waals surface area (Å²) in [6.07, 6.45) is 3.59. The van der Waals surface area contributed by atoms with E-state index < -0.39 is 17.9 Å². The molecule has 0 saturated carbocycles. The Morgan fingerprint density at radius 1 is 1.09 bits per heavy atom. The van der Waals surface area contributed by atoms with E-state index in [0.29, 0.717) is 11.3 Å². The molecule has 2 aromatic rings. The molecule has 3 aliphatic rings. The number of allylic oxidation sites excluding steroid dienone is 1. The zero-order chi connectivity index (χ0) is 23.4. The van der Waals surface area contributed by atoms with Gasteiger partial charge in [-0.15, -0.1) is 6.58 Å². The number of hydrogen-bond donors (Lipinski definition) is 0. The molecule has 3 aliphatic heterocycles. The molecule has 6 heteroatoms. The van der Waals surface area contributed by atoms with Crippen molar-refractivity contribution < 1.29 is 19.1 Å². The molecule has 5 rings (SSSR count). The molecule has 4 atom stereocenters. The number of nitrogens with zero attached hydrogens (tertiary/aromatic N) is 2. The van der Waals surface area contributed by atoms with Gasteiger partial charge in [0.2, 0.25) is 11.8 Å². The molecular weight excluding hydrogens is 416 g/mol. The van der Waals surface area contributed by atoms with E-state index in [0.717, 1.165) is 22.4 Å². The van der Waals surface area contributed by atoms with Crippen molar-refractivity contribution in [3.05, 3.63) is 77.9 Å². The Balaban J connectivity index is 1.69. The second kappa shape index (κ2) is 7.73. The van der Waals surface area contributed by atoms with Crippen molar-refractivity contribution in [2.45, 2.75) is 25.9 Å². The minimum Gasteiger partial charge on any atom is -0.497 e. The molecule has 2 aromatic carbocycles. The van der Waals surface area contributed by atoms with Crippen LogP contribution in [0, 0.1) is 18.8 Å². The third-order valence-corrected chi connectivity index (χ3v) is 7.03. The Bertz CT molecular complexity index is 1230. The molecule has 2 fully saturated rings. The van der Waals surface area contributed by atoms with Crippen LogP contribution >= 0.6 is 0 Å². The smallest absolute Gasteiger partial charge is 0.236 e. The lowest BCUT2D eigenvalue weighted by Crippen LogP contribution is -2.49. The first-order valence-corrected chi connectivity index (χ1v) is 11.1. The highest BCUT2D eigenvalue weighted by Crippen LogP contribution is 2.50. The van der Waals surface area contributed by atoms with Crippen LogP contribution in [-0.4, -0.2) is 48.2 Å². The molecule has 2 saturated heterocycles. The number of likely N-dealkylation sites (tertiary alicyclic amines) is 1. The lowest BCUT2D eigenvalue weighted by atomic mass is 9.85. The van der Waals surface area contributed by atoms with Gasteiger partial charge in [-0.2, -0.15) is 0 Å². The summed E-state index contributed by atoms with van der Waals surface area (Å²) in [4.78, 5) is 44.1. The van der Waals surface area contributed by atoms with Crippen molar-refractivity contribution in [3.8, 4) is 5.75 Å². The summed E-state index contributed by atoms with van der Waals surface area (Å²) in [5.74, 6) is -1.52. The second-order valence-electron chi connectivity index (χ2n) is 8.94. The Kier molecular flexibility index (Phi) is 4.96. The third-order valence-electron chi connectivity index (χ3n) is 7.03. The van der Waals surface area contributed by atoms with Crippen LogP contribution < -0.4 is 9.64 Å². The molecule has 0 aliphatic carbocycles. The molecule has 0 radical (unpaired) electrons. The number of imide groups is 1. The monoisotopic (exact) mass is 442 g/mol. The van der Waals surface area contributed by atoms with Gasteiger partial charge in [0.05, 0.1) is 25.0 Å². The SMILES string of the molecule is C=CCN1C(=O)[C@@H]2C3C=C(C)c4cc(C)ccc4N3C(C(=O)c3cccc(OC)c3)[C@@H]2C1=O. The van der Waals surface area contributed by atoms with Gasteiger partial charge in [0, 0.05) is 23.4 Å². The number of aryl methyl sites for hydroxylation is 1. The fourth-order valence-electron chi connectivity index (χ4n) is 5.57. The van der Waals surface area contributed by atoms with E-state index in [2.05, 4.69) is 12.6 Å². The number of Topliss-reactive ketones (excluding diaryl/α,β-unsaturated/α-hetero) is 1. The van der Waals surface area contributed by atoms with Crippen LogP contribution in [0.2, 0.25) is 0 Å². The lowest BCUT2D eigenvalue weighted by molar-refractivity contribution is -0.139. The van der Waals surface area contributed by atoms with Crippen LogP contribution in [0.25, 0.3) is 5.57 Å². The number of carbonyl (C=O) groups excluding carboxylic acids is 3. The number of rotatable bonds is 5. The van der Waals surface area contributed by atoms with E-state index in [-0.39, 0.29) is 30.2 Å². The van der Waals surface area contributed by atoms with Gasteiger partial charge in [0.25, 0.3) is 0 Å². The van der Waals surface area contributed by atoms with Gasteiger partial charge in [0.1, 0.15) is 11.8 Å². The van der Waals surface area contributed by atoms with Crippen LogP contribution in [0.5, 0.6) is 5.75 Å². The number of amides is 2. The van der Waals surface area contributed by atoms with Crippen molar-refractivity contribution in [2.24, 2.45) is 11.8 Å². The fraction of sp³-hybridized carbons (Fsp3) is 0.296. The van der Waals surface area contributed by atoms with Crippen molar-refractivity contribution in [3.63, 3.8) is 0 Å². The molecular formula is C27H26N2O4. The van der Waals surface area contributed by atoms with Gasteiger partial charge in [0.15, 0.2) is 5.78 Å². The molecule has 0 aromatic heterocycles. The molecule has 3 heterocycles. The van der Waals surface area contributed by atoms with E-state index in [4.69, 9.17) is 4.74 Å². The highest BCUT2D eigenvalue weighted by Gasteiger charge is 2.64. The highest BCUT2D eigenvalue weighted by molar-refractivity contribution is 6.14. The number of ether oxygens (including phenoxy) is 1. The minimum atomic E-state index is -0.788. The van der Waals surface area contributed by atoms with E-state index in [1.165, 1.54) is 4.90 Å². The van der Waals surface area contributed by atoms with Gasteiger partial charge < -0.3 is 9.64 Å². The standard InChI is InChI=1S/C27H26N2O4/c1-5-11-28-26(31)22-21-13-16(3)19-12-15(2)9-10-20(19)29(21)24(23(22)27(28)32)25(30)17-7-6-8-18(14-17)33-4/h5-10,12-14,21-24H,1,11H2,2-4H3/t21?,22-,23-,24?/m1/s1. The van der Waals surface area contributed by atoms with Crippen molar-refractivity contribution in [1.82, 2.24) is 4.90 Å². The summed E-state index contributed by atoms with van der Waals surface area (Å²) in [7, 11) is 1.55. The highest BCUT2D eigenvalue weighted by atomic mass is 16.5. The number of methoxy groups -OCH3 is 1. The first kappa shape index (κ1) is 21.2. The second-order valence-corrected chi connectivity index (χ2v) is 8.94. The maximum atomic E-state index is 14.0. The first-order chi connectivity index (χ1) is 15.9. The molecule has 0 spiro atoms. The van der Waals surface area contributed by atoms with Gasteiger partial charge >= 0.3 is 0 Å². The van der Waals surface area contributed by atoms with Crippen LogP contribution in [0.1, 0.15) is 28.4 Å². The Morgan fingerprint density at radius 3 is 2.58 bits per heavy atom. The normalized spacial score (nSPS) is 25.4. The maximum absolute atomic E-state index is 14.0. The van der Waals surface area contributed by atoms with Crippen molar-refractivity contribution in [1.29, 1.82) is 0 Å². The van der Waals surface area contributed by atoms with E-state index in [1.807, 2.05) is 37.0 Å². The topological polar surface area (TPSA) is 66.9 Å². The largest absolute Gasteiger partial charge is 0.497 e. The van der Waals surface area contributed by atoms with Gasteiger partial charge in [-0.25, -0.2) is 0 Å². The van der Waals surface area contributed by atoms with Crippen LogP contribution in [0.3, 0.4) is 0 Å². The molecule has 2 amide bonds.